The fourth-order valence-electron chi connectivity index (χ4n) is 4.66. The van der Waals surface area contributed by atoms with Crippen molar-refractivity contribution in [1.29, 1.82) is 0 Å². The Morgan fingerprint density at radius 2 is 2.03 bits per heavy atom. The van der Waals surface area contributed by atoms with E-state index in [1.54, 1.807) is 23.6 Å². The highest BCUT2D eigenvalue weighted by Gasteiger charge is 2.45. The third kappa shape index (κ3) is 2.72. The molecule has 31 heavy (non-hydrogen) atoms. The van der Waals surface area contributed by atoms with Gasteiger partial charge in [0.15, 0.2) is 5.60 Å². The number of H-pyrrole nitrogens is 1. The lowest BCUT2D eigenvalue weighted by Gasteiger charge is -2.31. The number of aromatic nitrogens is 2. The number of aromatic hydroxyl groups is 1. The molecular weight excluding hydrogens is 398 g/mol. The molecule has 8 heteroatoms. The van der Waals surface area contributed by atoms with Gasteiger partial charge in [-0.15, -0.1) is 0 Å². The zero-order valence-electron chi connectivity index (χ0n) is 17.7. The molecule has 2 aliphatic rings. The first-order valence-corrected chi connectivity index (χ1v) is 10.3. The van der Waals surface area contributed by atoms with Crippen LogP contribution in [-0.2, 0) is 34.8 Å². The highest BCUT2D eigenvalue weighted by atomic mass is 16.6. The Kier molecular flexibility index (Phi) is 4.22. The van der Waals surface area contributed by atoms with E-state index in [0.717, 1.165) is 27.7 Å². The Morgan fingerprint density at radius 3 is 2.74 bits per heavy atom. The third-order valence-electron chi connectivity index (χ3n) is 6.33. The molecule has 0 spiro atoms. The molecule has 0 saturated carbocycles. The van der Waals surface area contributed by atoms with Crippen LogP contribution < -0.4 is 10.5 Å². The summed E-state index contributed by atoms with van der Waals surface area (Å²) in [6, 6.07) is 7.20. The van der Waals surface area contributed by atoms with Crippen molar-refractivity contribution in [3.05, 3.63) is 56.9 Å². The van der Waals surface area contributed by atoms with Crippen LogP contribution >= 0.6 is 0 Å². The third-order valence-corrected chi connectivity index (χ3v) is 6.33. The number of rotatable bonds is 3. The molecule has 2 aliphatic heterocycles. The van der Waals surface area contributed by atoms with Gasteiger partial charge in [-0.2, -0.15) is 0 Å². The number of phenolic OH excluding ortho intramolecular Hbond substituents is 1. The summed E-state index contributed by atoms with van der Waals surface area (Å²) in [5, 5.41) is 22.3. The van der Waals surface area contributed by atoms with E-state index >= 15 is 0 Å². The van der Waals surface area contributed by atoms with E-state index in [9.17, 15) is 19.8 Å². The van der Waals surface area contributed by atoms with Crippen molar-refractivity contribution in [3.8, 4) is 17.1 Å². The Labute approximate surface area is 178 Å². The number of nitrogens with zero attached hydrogens (tertiary/aromatic N) is 2. The normalized spacial score (nSPS) is 19.3. The van der Waals surface area contributed by atoms with Gasteiger partial charge in [0.25, 0.3) is 5.56 Å². The molecule has 3 N–H and O–H groups in total. The molecular formula is C23H24N3O5+. The van der Waals surface area contributed by atoms with Gasteiger partial charge in [0, 0.05) is 29.3 Å². The summed E-state index contributed by atoms with van der Waals surface area (Å²) in [6.45, 7) is 2.48. The molecule has 0 saturated heterocycles. The van der Waals surface area contributed by atoms with Crippen LogP contribution in [0.2, 0.25) is 0 Å². The lowest BCUT2D eigenvalue weighted by atomic mass is 9.86. The first-order chi connectivity index (χ1) is 14.7. The molecule has 3 aromatic rings. The number of hydrogen-bond acceptors (Lipinski definition) is 6. The molecule has 5 rings (SSSR count). The highest BCUT2D eigenvalue weighted by molar-refractivity contribution is 5.86. The van der Waals surface area contributed by atoms with Gasteiger partial charge in [-0.1, -0.05) is 6.92 Å². The summed E-state index contributed by atoms with van der Waals surface area (Å²) < 4.78 is 6.75. The number of fused-ring (bicyclic) bond motifs is 5. The summed E-state index contributed by atoms with van der Waals surface area (Å²) >= 11 is 0. The minimum absolute atomic E-state index is 0.114. The first-order valence-electron chi connectivity index (χ1n) is 10.3. The number of hydrogen-bond donors (Lipinski definition) is 2. The zero-order chi connectivity index (χ0) is 22.1. The first kappa shape index (κ1) is 19.7. The standard InChI is InChI=1S/C23H23N3O5/c1-4-23(30)16-8-18-20-12(9-26(18)21(28)15(16)11-31-22(23)29)7-13-14(10-25(2)3)19(27)6-5-17(13)24-20/h5-8,27,30H,4,9-11H2,1-3H3/p+1/t23-/m0/s1. The number of esters is 1. The van der Waals surface area contributed by atoms with Gasteiger partial charge in [0.1, 0.15) is 18.1 Å². The van der Waals surface area contributed by atoms with E-state index in [1.165, 1.54) is 0 Å². The summed E-state index contributed by atoms with van der Waals surface area (Å²) in [6.07, 6.45) is 0.114. The number of aliphatic hydroxyl groups is 1. The SMILES string of the molecule is CC[C@@]1(O)C(=O)OCc2c1cc1n(c2=O)Cc2cc3c(CN(C)C)c(O)ccc3[nH+]c2-1. The van der Waals surface area contributed by atoms with E-state index in [-0.39, 0.29) is 24.3 Å². The molecule has 0 aliphatic carbocycles. The smallest absolute Gasteiger partial charge is 0.343 e. The molecule has 1 aromatic carbocycles. The molecule has 0 radical (unpaired) electrons. The molecule has 0 fully saturated rings. The average Bonchev–Trinajstić information content (AvgIpc) is 3.10. The van der Waals surface area contributed by atoms with Crippen LogP contribution in [0.3, 0.4) is 0 Å². The van der Waals surface area contributed by atoms with Gasteiger partial charge in [-0.05, 0) is 38.7 Å². The largest absolute Gasteiger partial charge is 0.508 e. The number of carbonyl (C=O) groups is 1. The number of carbonyl (C=O) groups excluding carboxylic acids is 1. The van der Waals surface area contributed by atoms with Crippen LogP contribution in [0.1, 0.15) is 35.6 Å². The summed E-state index contributed by atoms with van der Waals surface area (Å²) in [5.74, 6) is -0.502. The van der Waals surface area contributed by atoms with E-state index in [2.05, 4.69) is 4.98 Å². The number of pyridine rings is 2. The van der Waals surface area contributed by atoms with Crippen LogP contribution in [0.4, 0.5) is 0 Å². The predicted molar refractivity (Wildman–Crippen MR) is 112 cm³/mol. The Hall–Kier alpha value is -3.23. The quantitative estimate of drug-likeness (QED) is 0.482. The summed E-state index contributed by atoms with van der Waals surface area (Å²) in [7, 11) is 3.88. The van der Waals surface area contributed by atoms with Crippen LogP contribution in [0.15, 0.2) is 29.1 Å². The van der Waals surface area contributed by atoms with Crippen molar-refractivity contribution >= 4 is 16.9 Å². The lowest BCUT2D eigenvalue weighted by Crippen LogP contribution is -2.44. The molecule has 4 heterocycles. The lowest BCUT2D eigenvalue weighted by molar-refractivity contribution is -0.331. The number of aromatic amines is 1. The van der Waals surface area contributed by atoms with Crippen LogP contribution in [-0.4, -0.2) is 39.7 Å². The number of phenols is 1. The Morgan fingerprint density at radius 1 is 1.26 bits per heavy atom. The molecule has 160 valence electrons. The highest BCUT2D eigenvalue weighted by Crippen LogP contribution is 2.38. The minimum Gasteiger partial charge on any atom is -0.508 e. The maximum Gasteiger partial charge on any atom is 0.343 e. The van der Waals surface area contributed by atoms with Gasteiger partial charge in [-0.25, -0.2) is 9.78 Å². The predicted octanol–water partition coefficient (Wildman–Crippen LogP) is 1.27. The topological polar surface area (TPSA) is 106 Å². The monoisotopic (exact) mass is 422 g/mol. The molecule has 8 nitrogen and oxygen atoms in total. The number of benzene rings is 1. The molecule has 0 amide bonds. The van der Waals surface area contributed by atoms with Crippen molar-refractivity contribution in [1.82, 2.24) is 9.47 Å². The van der Waals surface area contributed by atoms with E-state index in [1.807, 2.05) is 31.1 Å². The second-order valence-corrected chi connectivity index (χ2v) is 8.53. The van der Waals surface area contributed by atoms with Gasteiger partial charge < -0.3 is 19.8 Å². The van der Waals surface area contributed by atoms with Crippen molar-refractivity contribution in [2.24, 2.45) is 0 Å². The van der Waals surface area contributed by atoms with Crippen LogP contribution in [0, 0.1) is 0 Å². The van der Waals surface area contributed by atoms with E-state index < -0.39 is 11.6 Å². The van der Waals surface area contributed by atoms with Gasteiger partial charge >= 0.3 is 5.97 Å². The molecule has 0 bridgehead atoms. The van der Waals surface area contributed by atoms with Gasteiger partial charge in [-0.3, -0.25) is 9.36 Å². The maximum absolute atomic E-state index is 13.2. The second kappa shape index (κ2) is 6.63. The van der Waals surface area contributed by atoms with E-state index in [4.69, 9.17) is 4.74 Å². The number of ether oxygens (including phenoxy) is 1. The Bertz CT molecular complexity index is 1330. The Balaban J connectivity index is 1.75. The molecule has 1 atom stereocenters. The van der Waals surface area contributed by atoms with Crippen LogP contribution in [0.25, 0.3) is 22.3 Å². The van der Waals surface area contributed by atoms with Crippen LogP contribution in [0.5, 0.6) is 5.75 Å². The number of cyclic esters (lactones) is 1. The summed E-state index contributed by atoms with van der Waals surface area (Å²) in [5.41, 5.74) is 2.49. The van der Waals surface area contributed by atoms with Crippen molar-refractivity contribution in [3.63, 3.8) is 0 Å². The minimum atomic E-state index is -1.83. The summed E-state index contributed by atoms with van der Waals surface area (Å²) in [4.78, 5) is 30.9. The second-order valence-electron chi connectivity index (χ2n) is 8.53. The zero-order valence-corrected chi connectivity index (χ0v) is 17.7. The van der Waals surface area contributed by atoms with Gasteiger partial charge in [0.05, 0.1) is 17.5 Å². The van der Waals surface area contributed by atoms with Crippen molar-refractivity contribution < 1.29 is 24.7 Å². The fraction of sp³-hybridized carbons (Fsp3) is 0.348. The van der Waals surface area contributed by atoms with Crippen molar-refractivity contribution in [2.75, 3.05) is 14.1 Å². The van der Waals surface area contributed by atoms with E-state index in [0.29, 0.717) is 29.9 Å². The molecule has 0 unspecified atom stereocenters. The number of nitrogens with one attached hydrogen (secondary N) is 1. The fourth-order valence-corrected chi connectivity index (χ4v) is 4.66. The maximum atomic E-state index is 13.2. The van der Waals surface area contributed by atoms with Crippen molar-refractivity contribution in [2.45, 2.75) is 38.6 Å². The van der Waals surface area contributed by atoms with Gasteiger partial charge in [0.2, 0.25) is 11.2 Å². The molecule has 2 aromatic heterocycles. The average molecular weight is 422 g/mol.